The fourth-order valence-electron chi connectivity index (χ4n) is 2.75. The number of carbonyl (C=O) groups is 2. The van der Waals surface area contributed by atoms with E-state index < -0.39 is 12.2 Å². The van der Waals surface area contributed by atoms with Crippen LogP contribution in [-0.4, -0.2) is 50.4 Å². The molecule has 5 N–H and O–H groups in total. The van der Waals surface area contributed by atoms with Crippen LogP contribution in [0.5, 0.6) is 0 Å². The van der Waals surface area contributed by atoms with Gasteiger partial charge in [0, 0.05) is 23.5 Å². The van der Waals surface area contributed by atoms with Gasteiger partial charge in [-0.2, -0.15) is 0 Å². The third-order valence-electron chi connectivity index (χ3n) is 4.22. The number of hydrogen-bond acceptors (Lipinski definition) is 7. The van der Waals surface area contributed by atoms with Gasteiger partial charge in [0.25, 0.3) is 0 Å². The van der Waals surface area contributed by atoms with Crippen molar-refractivity contribution < 1.29 is 19.1 Å². The number of carbonyl (C=O) groups excluding carboxylic acids is 2. The van der Waals surface area contributed by atoms with Gasteiger partial charge in [-0.25, -0.2) is 9.59 Å². The third kappa shape index (κ3) is 6.14. The van der Waals surface area contributed by atoms with Crippen molar-refractivity contribution in [1.82, 2.24) is 16.0 Å². The maximum absolute atomic E-state index is 11.9. The van der Waals surface area contributed by atoms with E-state index in [0.29, 0.717) is 30.1 Å². The Morgan fingerprint density at radius 1 is 1.48 bits per heavy atom. The van der Waals surface area contributed by atoms with Crippen LogP contribution in [0.25, 0.3) is 0 Å². The second kappa shape index (κ2) is 9.77. The Labute approximate surface area is 158 Å². The van der Waals surface area contributed by atoms with Gasteiger partial charge in [0.15, 0.2) is 0 Å². The molecule has 27 heavy (non-hydrogen) atoms. The van der Waals surface area contributed by atoms with Crippen LogP contribution >= 0.6 is 0 Å². The molecule has 0 saturated heterocycles. The molecule has 2 aliphatic rings. The monoisotopic (exact) mass is 377 g/mol. The lowest BCUT2D eigenvalue weighted by Gasteiger charge is -2.16. The number of fused-ring (bicyclic) bond motifs is 1. The van der Waals surface area contributed by atoms with Crippen molar-refractivity contribution in [2.45, 2.75) is 38.3 Å². The molecule has 0 saturated carbocycles. The first-order chi connectivity index (χ1) is 12.9. The number of amides is 2. The molecule has 2 rings (SSSR count). The number of methoxy groups -OCH3 is 1. The molecule has 9 nitrogen and oxygen atoms in total. The molecule has 9 heteroatoms. The summed E-state index contributed by atoms with van der Waals surface area (Å²) in [6.07, 6.45) is 4.64. The van der Waals surface area contributed by atoms with Crippen LogP contribution in [-0.2, 0) is 9.47 Å². The van der Waals surface area contributed by atoms with Crippen molar-refractivity contribution in [3.05, 3.63) is 35.7 Å². The number of nitrogens with zero attached hydrogens (tertiary/aromatic N) is 1. The molecule has 1 unspecified atom stereocenters. The number of hydrogen-bond donors (Lipinski definition) is 4. The van der Waals surface area contributed by atoms with Crippen molar-refractivity contribution in [3.63, 3.8) is 0 Å². The summed E-state index contributed by atoms with van der Waals surface area (Å²) in [6, 6.07) is -0.450. The van der Waals surface area contributed by atoms with Crippen LogP contribution in [0.15, 0.2) is 40.7 Å². The van der Waals surface area contributed by atoms with Crippen molar-refractivity contribution in [2.75, 3.05) is 20.3 Å². The van der Waals surface area contributed by atoms with E-state index in [1.807, 2.05) is 0 Å². The minimum Gasteiger partial charge on any atom is -0.453 e. The average Bonchev–Trinajstić information content (AvgIpc) is 3.10. The Hall–Kier alpha value is -2.81. The number of amidine groups is 1. The van der Waals surface area contributed by atoms with Crippen molar-refractivity contribution in [2.24, 2.45) is 10.7 Å². The molecule has 0 aromatic heterocycles. The fourth-order valence-corrected chi connectivity index (χ4v) is 2.75. The molecule has 0 aromatic rings. The number of rotatable bonds is 2. The average molecular weight is 377 g/mol. The summed E-state index contributed by atoms with van der Waals surface area (Å²) in [5.41, 5.74) is 7.84. The van der Waals surface area contributed by atoms with Gasteiger partial charge < -0.3 is 20.5 Å². The minimum absolute atomic E-state index is 0.188. The summed E-state index contributed by atoms with van der Waals surface area (Å²) in [5, 5.41) is 8.45. The topological polar surface area (TPSA) is 127 Å². The fraction of sp³-hybridized carbons (Fsp3) is 0.500. The summed E-state index contributed by atoms with van der Waals surface area (Å²) in [5.74, 6) is 0.749. The highest BCUT2D eigenvalue weighted by Crippen LogP contribution is 2.19. The van der Waals surface area contributed by atoms with Crippen LogP contribution in [0.4, 0.5) is 9.59 Å². The number of aliphatic imine (C=N–C) groups is 1. The van der Waals surface area contributed by atoms with Gasteiger partial charge in [0.2, 0.25) is 0 Å². The lowest BCUT2D eigenvalue weighted by Crippen LogP contribution is -2.38. The van der Waals surface area contributed by atoms with E-state index in [0.717, 1.165) is 25.1 Å². The zero-order valence-electron chi connectivity index (χ0n) is 15.7. The largest absolute Gasteiger partial charge is 0.453 e. The Kier molecular flexibility index (Phi) is 7.42. The van der Waals surface area contributed by atoms with Crippen LogP contribution < -0.4 is 21.7 Å². The van der Waals surface area contributed by atoms with Gasteiger partial charge in [-0.05, 0) is 32.3 Å². The molecular weight excluding hydrogens is 350 g/mol. The molecule has 2 heterocycles. The second-order valence-electron chi connectivity index (χ2n) is 6.34. The molecule has 2 bridgehead atoms. The van der Waals surface area contributed by atoms with Crippen LogP contribution in [0, 0.1) is 0 Å². The Morgan fingerprint density at radius 2 is 2.26 bits per heavy atom. The predicted molar refractivity (Wildman–Crippen MR) is 102 cm³/mol. The number of cyclic esters (lactones) is 1. The van der Waals surface area contributed by atoms with Gasteiger partial charge in [0.05, 0.1) is 25.8 Å². The molecule has 2 aliphatic heterocycles. The maximum Gasteiger partial charge on any atom is 0.411 e. The SMILES string of the molecule is C=C1NC(=O)OCCCC[C@H](N)C2=NC(CN2)/C1=C/C=C(\C)NC(=O)OC. The summed E-state index contributed by atoms with van der Waals surface area (Å²) >= 11 is 0. The Bertz CT molecular complexity index is 683. The number of nitrogens with two attached hydrogens (primary N) is 1. The number of ether oxygens (including phenoxy) is 2. The van der Waals surface area contributed by atoms with Gasteiger partial charge in [-0.3, -0.25) is 15.6 Å². The van der Waals surface area contributed by atoms with E-state index in [1.54, 1.807) is 19.1 Å². The van der Waals surface area contributed by atoms with Crippen molar-refractivity contribution >= 4 is 18.0 Å². The van der Waals surface area contributed by atoms with Crippen LogP contribution in [0.2, 0.25) is 0 Å². The first-order valence-corrected chi connectivity index (χ1v) is 8.84. The van der Waals surface area contributed by atoms with Gasteiger partial charge in [0.1, 0.15) is 5.84 Å². The predicted octanol–water partition coefficient (Wildman–Crippen LogP) is 1.29. The Morgan fingerprint density at radius 3 is 3.00 bits per heavy atom. The van der Waals surface area contributed by atoms with Crippen LogP contribution in [0.1, 0.15) is 26.2 Å². The lowest BCUT2D eigenvalue weighted by molar-refractivity contribution is 0.147. The summed E-state index contributed by atoms with van der Waals surface area (Å²) in [7, 11) is 1.29. The number of nitrogens with one attached hydrogen (secondary N) is 3. The first kappa shape index (κ1) is 20.5. The number of allylic oxidation sites excluding steroid dienone is 3. The van der Waals surface area contributed by atoms with Crippen LogP contribution in [0.3, 0.4) is 0 Å². The van der Waals surface area contributed by atoms with E-state index >= 15 is 0 Å². The normalized spacial score (nSPS) is 25.8. The molecule has 0 aromatic carbocycles. The van der Waals surface area contributed by atoms with Gasteiger partial charge in [-0.15, -0.1) is 0 Å². The van der Waals surface area contributed by atoms with E-state index in [2.05, 4.69) is 32.3 Å². The molecular formula is C18H27N5O4. The van der Waals surface area contributed by atoms with E-state index in [4.69, 9.17) is 10.5 Å². The van der Waals surface area contributed by atoms with E-state index in [-0.39, 0.29) is 12.1 Å². The minimum atomic E-state index is -0.563. The van der Waals surface area contributed by atoms with E-state index in [1.165, 1.54) is 7.11 Å². The number of alkyl carbamates (subject to hydrolysis) is 2. The highest BCUT2D eigenvalue weighted by Gasteiger charge is 2.26. The second-order valence-corrected chi connectivity index (χ2v) is 6.34. The van der Waals surface area contributed by atoms with Gasteiger partial charge in [-0.1, -0.05) is 12.7 Å². The molecule has 2 amide bonds. The highest BCUT2D eigenvalue weighted by atomic mass is 16.5. The third-order valence-corrected chi connectivity index (χ3v) is 4.22. The summed E-state index contributed by atoms with van der Waals surface area (Å²) in [4.78, 5) is 27.9. The molecule has 0 spiro atoms. The van der Waals surface area contributed by atoms with Crippen molar-refractivity contribution in [1.29, 1.82) is 0 Å². The maximum atomic E-state index is 11.9. The lowest BCUT2D eigenvalue weighted by atomic mass is 10.0. The summed E-state index contributed by atoms with van der Waals surface area (Å²) < 4.78 is 9.73. The first-order valence-electron chi connectivity index (χ1n) is 8.84. The Balaban J connectivity index is 2.27. The quantitative estimate of drug-likeness (QED) is 0.574. The molecule has 2 atom stereocenters. The highest BCUT2D eigenvalue weighted by molar-refractivity contribution is 5.89. The zero-order valence-corrected chi connectivity index (χ0v) is 15.7. The van der Waals surface area contributed by atoms with Gasteiger partial charge >= 0.3 is 12.2 Å². The van der Waals surface area contributed by atoms with E-state index in [9.17, 15) is 9.59 Å². The summed E-state index contributed by atoms with van der Waals surface area (Å²) in [6.45, 7) is 6.52. The zero-order chi connectivity index (χ0) is 19.8. The standard InChI is InChI=1S/C18H27N5O4/c1-11(21-17(24)26-3)7-8-13-12(2)22-18(25)27-9-5-4-6-14(19)16-20-10-15(13)23-16/h7-8,14-15H,2,4-6,9-10,19H2,1,3H3,(H,20,23)(H,21,24)(H,22,25)/b11-7+,13-8+/t14-,15?/m0/s1. The van der Waals surface area contributed by atoms with Crippen molar-refractivity contribution in [3.8, 4) is 0 Å². The molecule has 0 aliphatic carbocycles. The molecule has 0 radical (unpaired) electrons. The molecule has 148 valence electrons. The smallest absolute Gasteiger partial charge is 0.411 e. The molecule has 0 fully saturated rings.